The summed E-state index contributed by atoms with van der Waals surface area (Å²) in [6.07, 6.45) is 1.83. The maximum Gasteiger partial charge on any atom is 0.280 e. The number of hydrogen-bond acceptors (Lipinski definition) is 3. The molecule has 3 rings (SSSR count). The maximum atomic E-state index is 12.3. The minimum atomic E-state index is -0.412. The van der Waals surface area contributed by atoms with Gasteiger partial charge in [-0.3, -0.25) is 9.59 Å². The van der Waals surface area contributed by atoms with Crippen molar-refractivity contribution in [2.24, 2.45) is 12.0 Å². The second kappa shape index (κ2) is 4.90. The van der Waals surface area contributed by atoms with Gasteiger partial charge in [-0.1, -0.05) is 18.2 Å². The number of rotatable bonds is 1. The summed E-state index contributed by atoms with van der Waals surface area (Å²) in [6, 6.07) is 8.48. The number of pyridine rings is 1. The molecule has 0 aliphatic heterocycles. The van der Waals surface area contributed by atoms with Gasteiger partial charge in [-0.05, 0) is 6.07 Å². The lowest BCUT2D eigenvalue weighted by molar-refractivity contribution is 0.0999. The summed E-state index contributed by atoms with van der Waals surface area (Å²) in [5.74, 6) is -0.412. The second-order valence-electron chi connectivity index (χ2n) is 4.31. The molecule has 1 amide bonds. The van der Waals surface area contributed by atoms with Crippen molar-refractivity contribution in [1.29, 1.82) is 0 Å². The largest absolute Gasteiger partial charge is 0.327 e. The molecule has 5 nitrogen and oxygen atoms in total. The van der Waals surface area contributed by atoms with Crippen LogP contribution in [0.15, 0.2) is 51.7 Å². The first-order valence-electron chi connectivity index (χ1n) is 5.96. The maximum absolute atomic E-state index is 12.3. The molecule has 2 heterocycles. The van der Waals surface area contributed by atoms with Crippen LogP contribution in [0.3, 0.4) is 0 Å². The quantitative estimate of drug-likeness (QED) is 0.739. The topological polar surface area (TPSA) is 67.2 Å². The van der Waals surface area contributed by atoms with Gasteiger partial charge in [0.15, 0.2) is 4.80 Å². The number of nitrogens with zero attached hydrogens (tertiary/aromatic N) is 2. The third-order valence-electron chi connectivity index (χ3n) is 2.94. The van der Waals surface area contributed by atoms with Crippen molar-refractivity contribution in [3.63, 3.8) is 0 Å². The molecule has 1 N–H and O–H groups in total. The van der Waals surface area contributed by atoms with Crippen LogP contribution in [0.5, 0.6) is 0 Å². The van der Waals surface area contributed by atoms with Crippen LogP contribution >= 0.6 is 11.3 Å². The van der Waals surface area contributed by atoms with Crippen LogP contribution in [0, 0.1) is 0 Å². The van der Waals surface area contributed by atoms with Crippen LogP contribution in [0.2, 0.25) is 0 Å². The Labute approximate surface area is 117 Å². The van der Waals surface area contributed by atoms with E-state index in [2.05, 4.69) is 9.98 Å². The van der Waals surface area contributed by atoms with E-state index in [4.69, 9.17) is 0 Å². The van der Waals surface area contributed by atoms with Crippen molar-refractivity contribution >= 4 is 28.1 Å². The van der Waals surface area contributed by atoms with Gasteiger partial charge in [0, 0.05) is 35.6 Å². The van der Waals surface area contributed by atoms with Crippen LogP contribution in [-0.4, -0.2) is 15.5 Å². The SMILES string of the molecule is Cn1ccsc1=NC(=O)c1cc(=O)[nH]c2ccccc12. The highest BCUT2D eigenvalue weighted by molar-refractivity contribution is 7.07. The van der Waals surface area contributed by atoms with Gasteiger partial charge in [0.1, 0.15) is 0 Å². The fraction of sp³-hybridized carbons (Fsp3) is 0.0714. The van der Waals surface area contributed by atoms with Crippen LogP contribution < -0.4 is 10.4 Å². The molecule has 0 aliphatic carbocycles. The Hall–Kier alpha value is -2.47. The van der Waals surface area contributed by atoms with Gasteiger partial charge in [-0.2, -0.15) is 4.99 Å². The van der Waals surface area contributed by atoms with E-state index in [-0.39, 0.29) is 5.56 Å². The molecule has 0 saturated heterocycles. The van der Waals surface area contributed by atoms with Gasteiger partial charge in [-0.15, -0.1) is 11.3 Å². The zero-order valence-corrected chi connectivity index (χ0v) is 11.5. The Kier molecular flexibility index (Phi) is 3.08. The normalized spacial score (nSPS) is 11.9. The highest BCUT2D eigenvalue weighted by atomic mass is 32.1. The zero-order valence-electron chi connectivity index (χ0n) is 10.7. The van der Waals surface area contributed by atoms with Gasteiger partial charge in [0.25, 0.3) is 5.91 Å². The van der Waals surface area contributed by atoms with Crippen molar-refractivity contribution < 1.29 is 4.79 Å². The number of H-pyrrole nitrogens is 1. The van der Waals surface area contributed by atoms with Crippen LogP contribution in [0.4, 0.5) is 0 Å². The number of nitrogens with one attached hydrogen (secondary N) is 1. The molecule has 0 spiro atoms. The monoisotopic (exact) mass is 285 g/mol. The minimum absolute atomic E-state index is 0.308. The Morgan fingerprint density at radius 3 is 2.90 bits per heavy atom. The molecule has 1 aromatic carbocycles. The lowest BCUT2D eigenvalue weighted by Crippen LogP contribution is -2.15. The fourth-order valence-electron chi connectivity index (χ4n) is 1.96. The van der Waals surface area contributed by atoms with Crippen molar-refractivity contribution in [1.82, 2.24) is 9.55 Å². The Morgan fingerprint density at radius 1 is 1.35 bits per heavy atom. The third-order valence-corrected chi connectivity index (χ3v) is 3.79. The number of benzene rings is 1. The van der Waals surface area contributed by atoms with Crippen LogP contribution in [0.25, 0.3) is 10.9 Å². The molecule has 0 saturated carbocycles. The van der Waals surface area contributed by atoms with Crippen LogP contribution in [-0.2, 0) is 7.05 Å². The van der Waals surface area contributed by atoms with Crippen LogP contribution in [0.1, 0.15) is 10.4 Å². The van der Waals surface area contributed by atoms with Crippen molar-refractivity contribution in [3.8, 4) is 0 Å². The summed E-state index contributed by atoms with van der Waals surface area (Å²) in [5.41, 5.74) is 0.643. The smallest absolute Gasteiger partial charge is 0.280 e. The molecule has 2 aromatic heterocycles. The average molecular weight is 285 g/mol. The molecule has 0 fully saturated rings. The number of para-hydroxylation sites is 1. The third kappa shape index (κ3) is 2.21. The standard InChI is InChI=1S/C14H11N3O2S/c1-17-6-7-20-14(17)16-13(19)10-8-12(18)15-11-5-3-2-4-9(10)11/h2-8H,1H3,(H,15,18). The molecule has 20 heavy (non-hydrogen) atoms. The molecule has 0 bridgehead atoms. The summed E-state index contributed by atoms with van der Waals surface area (Å²) in [6.45, 7) is 0. The highest BCUT2D eigenvalue weighted by Gasteiger charge is 2.10. The number of carbonyl (C=O) groups excluding carboxylic acids is 1. The Bertz CT molecular complexity index is 918. The summed E-state index contributed by atoms with van der Waals surface area (Å²) < 4.78 is 1.76. The number of thiazole rings is 1. The highest BCUT2D eigenvalue weighted by Crippen LogP contribution is 2.15. The summed E-state index contributed by atoms with van der Waals surface area (Å²) in [5, 5.41) is 2.54. The Morgan fingerprint density at radius 2 is 2.15 bits per heavy atom. The summed E-state index contributed by atoms with van der Waals surface area (Å²) in [7, 11) is 1.82. The van der Waals surface area contributed by atoms with Gasteiger partial charge in [-0.25, -0.2) is 0 Å². The molecule has 0 aliphatic rings. The number of hydrogen-bond donors (Lipinski definition) is 1. The number of fused-ring (bicyclic) bond motifs is 1. The van der Waals surface area contributed by atoms with E-state index in [0.717, 1.165) is 0 Å². The number of amides is 1. The lowest BCUT2D eigenvalue weighted by atomic mass is 10.1. The first-order chi connectivity index (χ1) is 9.65. The molecule has 3 aromatic rings. The molecular weight excluding hydrogens is 274 g/mol. The lowest BCUT2D eigenvalue weighted by Gasteiger charge is -2.01. The van der Waals surface area contributed by atoms with E-state index in [0.29, 0.717) is 21.3 Å². The van der Waals surface area contributed by atoms with Gasteiger partial charge >= 0.3 is 0 Å². The van der Waals surface area contributed by atoms with Crippen molar-refractivity contribution in [2.75, 3.05) is 0 Å². The predicted molar refractivity (Wildman–Crippen MR) is 77.8 cm³/mol. The van der Waals surface area contributed by atoms with Gasteiger partial charge in [0.05, 0.1) is 5.56 Å². The number of carbonyl (C=O) groups is 1. The van der Waals surface area contributed by atoms with Crippen molar-refractivity contribution in [3.05, 3.63) is 62.6 Å². The molecule has 6 heteroatoms. The molecule has 100 valence electrons. The molecule has 0 atom stereocenters. The second-order valence-corrected chi connectivity index (χ2v) is 5.18. The van der Waals surface area contributed by atoms with E-state index >= 15 is 0 Å². The van der Waals surface area contributed by atoms with E-state index in [1.54, 1.807) is 16.7 Å². The van der Waals surface area contributed by atoms with E-state index in [9.17, 15) is 9.59 Å². The Balaban J connectivity index is 2.23. The summed E-state index contributed by atoms with van der Waals surface area (Å²) >= 11 is 1.37. The number of aromatic nitrogens is 2. The van der Waals surface area contributed by atoms with Crippen molar-refractivity contribution in [2.45, 2.75) is 0 Å². The molecule has 0 unspecified atom stereocenters. The number of aromatic amines is 1. The first-order valence-corrected chi connectivity index (χ1v) is 6.84. The molecular formula is C14H11N3O2S. The van der Waals surface area contributed by atoms with Gasteiger partial charge in [0.2, 0.25) is 5.56 Å². The average Bonchev–Trinajstić information content (AvgIpc) is 2.83. The zero-order chi connectivity index (χ0) is 14.1. The number of aryl methyl sites for hydroxylation is 1. The van der Waals surface area contributed by atoms with E-state index in [1.165, 1.54) is 17.4 Å². The minimum Gasteiger partial charge on any atom is -0.327 e. The fourth-order valence-corrected chi connectivity index (χ4v) is 2.69. The molecule has 0 radical (unpaired) electrons. The first kappa shape index (κ1) is 12.6. The van der Waals surface area contributed by atoms with E-state index in [1.807, 2.05) is 30.8 Å². The van der Waals surface area contributed by atoms with E-state index < -0.39 is 5.91 Å². The predicted octanol–water partition coefficient (Wildman–Crippen LogP) is 1.67. The summed E-state index contributed by atoms with van der Waals surface area (Å²) in [4.78, 5) is 31.3. The van der Waals surface area contributed by atoms with Gasteiger partial charge < -0.3 is 9.55 Å².